The standard InChI is InChI=1S/C12H8ClNO4S/c13-9-6-8(14(16)17)3-4-11(9)18-7-10(15)12-2-1-5-19-12/h1-6H,7H2. The number of non-ortho nitro benzene ring substituents is 1. The summed E-state index contributed by atoms with van der Waals surface area (Å²) in [5.74, 6) is 0.0848. The Bertz CT molecular complexity index is 612. The summed E-state index contributed by atoms with van der Waals surface area (Å²) in [7, 11) is 0. The van der Waals surface area contributed by atoms with Crippen molar-refractivity contribution in [2.45, 2.75) is 0 Å². The van der Waals surface area contributed by atoms with Crippen molar-refractivity contribution in [3.63, 3.8) is 0 Å². The van der Waals surface area contributed by atoms with Crippen LogP contribution >= 0.6 is 22.9 Å². The second-order valence-electron chi connectivity index (χ2n) is 3.56. The number of rotatable bonds is 5. The summed E-state index contributed by atoms with van der Waals surface area (Å²) in [6.07, 6.45) is 0. The van der Waals surface area contributed by atoms with Gasteiger partial charge in [-0.1, -0.05) is 17.7 Å². The molecule has 1 aromatic heterocycles. The van der Waals surface area contributed by atoms with Crippen LogP contribution in [-0.2, 0) is 0 Å². The SMILES string of the molecule is O=C(COc1ccc([N+](=O)[O-])cc1Cl)c1cccs1. The molecule has 0 fully saturated rings. The van der Waals surface area contributed by atoms with Gasteiger partial charge in [0.15, 0.2) is 6.61 Å². The van der Waals surface area contributed by atoms with Crippen LogP contribution in [0.3, 0.4) is 0 Å². The monoisotopic (exact) mass is 297 g/mol. The maximum Gasteiger partial charge on any atom is 0.271 e. The minimum absolute atomic E-state index is 0.105. The van der Waals surface area contributed by atoms with Gasteiger partial charge in [0.05, 0.1) is 14.8 Å². The molecule has 19 heavy (non-hydrogen) atoms. The Morgan fingerprint density at radius 2 is 2.21 bits per heavy atom. The Balaban J connectivity index is 2.04. The van der Waals surface area contributed by atoms with Crippen molar-refractivity contribution < 1.29 is 14.5 Å². The number of nitro groups is 1. The molecule has 0 N–H and O–H groups in total. The molecule has 7 heteroatoms. The number of carbonyl (C=O) groups is 1. The number of hydrogen-bond donors (Lipinski definition) is 0. The summed E-state index contributed by atoms with van der Waals surface area (Å²) < 4.78 is 5.26. The first-order valence-electron chi connectivity index (χ1n) is 5.21. The van der Waals surface area contributed by atoms with Gasteiger partial charge in [0.25, 0.3) is 5.69 Å². The van der Waals surface area contributed by atoms with Gasteiger partial charge in [-0.2, -0.15) is 0 Å². The van der Waals surface area contributed by atoms with E-state index in [1.54, 1.807) is 17.5 Å². The van der Waals surface area contributed by atoms with Gasteiger partial charge >= 0.3 is 0 Å². The van der Waals surface area contributed by atoms with Crippen molar-refractivity contribution in [3.8, 4) is 5.75 Å². The number of benzene rings is 1. The third-order valence-electron chi connectivity index (χ3n) is 2.28. The van der Waals surface area contributed by atoms with Crippen molar-refractivity contribution in [2.24, 2.45) is 0 Å². The fourth-order valence-electron chi connectivity index (χ4n) is 1.37. The number of thiophene rings is 1. The zero-order valence-corrected chi connectivity index (χ0v) is 11.1. The molecule has 5 nitrogen and oxygen atoms in total. The molecule has 2 aromatic rings. The molecule has 0 unspecified atom stereocenters. The summed E-state index contributed by atoms with van der Waals surface area (Å²) >= 11 is 7.17. The van der Waals surface area contributed by atoms with Gasteiger partial charge in [0.2, 0.25) is 5.78 Å². The molecule has 0 saturated carbocycles. The van der Waals surface area contributed by atoms with Crippen molar-refractivity contribution in [1.29, 1.82) is 0 Å². The minimum Gasteiger partial charge on any atom is -0.484 e. The lowest BCUT2D eigenvalue weighted by Gasteiger charge is -2.06. The Kier molecular flexibility index (Phi) is 4.13. The lowest BCUT2D eigenvalue weighted by Crippen LogP contribution is -2.10. The van der Waals surface area contributed by atoms with E-state index in [4.69, 9.17) is 16.3 Å². The molecule has 0 atom stereocenters. The molecule has 0 saturated heterocycles. The topological polar surface area (TPSA) is 69.4 Å². The van der Waals surface area contributed by atoms with E-state index in [1.165, 1.54) is 29.5 Å². The number of nitro benzene ring substituents is 1. The summed E-state index contributed by atoms with van der Waals surface area (Å²) in [4.78, 5) is 22.3. The number of carbonyl (C=O) groups excluding carboxylic acids is 1. The molecule has 0 aliphatic carbocycles. The fourth-order valence-corrected chi connectivity index (χ4v) is 2.25. The minimum atomic E-state index is -0.549. The molecule has 0 spiro atoms. The first kappa shape index (κ1) is 13.5. The number of Topliss-reactive ketones (excluding diaryl/α,β-unsaturated/α-hetero) is 1. The average molecular weight is 298 g/mol. The molecule has 0 bridgehead atoms. The van der Waals surface area contributed by atoms with E-state index in [0.29, 0.717) is 4.88 Å². The lowest BCUT2D eigenvalue weighted by molar-refractivity contribution is -0.384. The molecular weight excluding hydrogens is 290 g/mol. The van der Waals surface area contributed by atoms with E-state index < -0.39 is 4.92 Å². The van der Waals surface area contributed by atoms with Gasteiger partial charge in [0, 0.05) is 12.1 Å². The van der Waals surface area contributed by atoms with Gasteiger partial charge in [-0.05, 0) is 17.5 Å². The van der Waals surface area contributed by atoms with Crippen molar-refractivity contribution in [1.82, 2.24) is 0 Å². The normalized spacial score (nSPS) is 10.2. The van der Waals surface area contributed by atoms with E-state index in [-0.39, 0.29) is 28.8 Å². The quantitative estimate of drug-likeness (QED) is 0.480. The van der Waals surface area contributed by atoms with Gasteiger partial charge in [-0.3, -0.25) is 14.9 Å². The number of ether oxygens (including phenoxy) is 1. The Morgan fingerprint density at radius 3 is 2.79 bits per heavy atom. The zero-order chi connectivity index (χ0) is 13.8. The van der Waals surface area contributed by atoms with Crippen LogP contribution in [0.25, 0.3) is 0 Å². The first-order chi connectivity index (χ1) is 9.08. The van der Waals surface area contributed by atoms with E-state index in [9.17, 15) is 14.9 Å². The van der Waals surface area contributed by atoms with Crippen molar-refractivity contribution in [2.75, 3.05) is 6.61 Å². The van der Waals surface area contributed by atoms with E-state index in [1.807, 2.05) is 0 Å². The number of hydrogen-bond acceptors (Lipinski definition) is 5. The largest absolute Gasteiger partial charge is 0.484 e. The maximum absolute atomic E-state index is 11.7. The molecule has 0 aliphatic heterocycles. The molecule has 0 aliphatic rings. The Morgan fingerprint density at radius 1 is 1.42 bits per heavy atom. The molecule has 98 valence electrons. The van der Waals surface area contributed by atoms with Gasteiger partial charge in [-0.25, -0.2) is 0 Å². The fraction of sp³-hybridized carbons (Fsp3) is 0.0833. The van der Waals surface area contributed by atoms with Crippen LogP contribution in [0.4, 0.5) is 5.69 Å². The molecule has 2 rings (SSSR count). The number of halogens is 1. The van der Waals surface area contributed by atoms with Crippen LogP contribution in [0.2, 0.25) is 5.02 Å². The van der Waals surface area contributed by atoms with Crippen LogP contribution in [0.5, 0.6) is 5.75 Å². The molecule has 0 radical (unpaired) electrons. The molecule has 1 heterocycles. The smallest absolute Gasteiger partial charge is 0.271 e. The van der Waals surface area contributed by atoms with Crippen molar-refractivity contribution >= 4 is 34.4 Å². The second-order valence-corrected chi connectivity index (χ2v) is 4.92. The molecule has 1 aromatic carbocycles. The maximum atomic E-state index is 11.7. The predicted molar refractivity (Wildman–Crippen MR) is 72.3 cm³/mol. The van der Waals surface area contributed by atoms with Crippen LogP contribution < -0.4 is 4.74 Å². The molecule has 0 amide bonds. The lowest BCUT2D eigenvalue weighted by atomic mass is 10.3. The highest BCUT2D eigenvalue weighted by atomic mass is 35.5. The highest BCUT2D eigenvalue weighted by Crippen LogP contribution is 2.28. The Labute approximate surface area is 117 Å². The third-order valence-corrected chi connectivity index (χ3v) is 3.49. The van der Waals surface area contributed by atoms with Gasteiger partial charge < -0.3 is 4.74 Å². The summed E-state index contributed by atoms with van der Waals surface area (Å²) in [6, 6.07) is 7.32. The molecular formula is C12H8ClNO4S. The summed E-state index contributed by atoms with van der Waals surface area (Å²) in [5, 5.41) is 12.4. The van der Waals surface area contributed by atoms with Gasteiger partial charge in [-0.15, -0.1) is 11.3 Å². The zero-order valence-electron chi connectivity index (χ0n) is 9.54. The van der Waals surface area contributed by atoms with Crippen LogP contribution in [0, 0.1) is 10.1 Å². The number of nitrogens with zero attached hydrogens (tertiary/aromatic N) is 1. The second kappa shape index (κ2) is 5.81. The van der Waals surface area contributed by atoms with Crippen LogP contribution in [0.1, 0.15) is 9.67 Å². The summed E-state index contributed by atoms with van der Waals surface area (Å²) in [6.45, 7) is -0.155. The van der Waals surface area contributed by atoms with Crippen LogP contribution in [0.15, 0.2) is 35.7 Å². The van der Waals surface area contributed by atoms with E-state index >= 15 is 0 Å². The van der Waals surface area contributed by atoms with Crippen LogP contribution in [-0.4, -0.2) is 17.3 Å². The van der Waals surface area contributed by atoms with Crippen molar-refractivity contribution in [3.05, 3.63) is 55.7 Å². The van der Waals surface area contributed by atoms with Gasteiger partial charge in [0.1, 0.15) is 5.75 Å². The number of ketones is 1. The average Bonchev–Trinajstić information content (AvgIpc) is 2.90. The highest BCUT2D eigenvalue weighted by Gasteiger charge is 2.12. The highest BCUT2D eigenvalue weighted by molar-refractivity contribution is 7.12. The Hall–Kier alpha value is -1.92. The predicted octanol–water partition coefficient (Wildman–Crippen LogP) is 3.57. The third kappa shape index (κ3) is 3.30. The van der Waals surface area contributed by atoms with E-state index in [0.717, 1.165) is 0 Å². The van der Waals surface area contributed by atoms with E-state index in [2.05, 4.69) is 0 Å². The summed E-state index contributed by atoms with van der Waals surface area (Å²) in [5.41, 5.74) is -0.123. The first-order valence-corrected chi connectivity index (χ1v) is 6.47.